The first kappa shape index (κ1) is 22.2. The fourth-order valence-corrected chi connectivity index (χ4v) is 3.99. The Morgan fingerprint density at radius 1 is 1.27 bits per heavy atom. The molecule has 1 aliphatic rings. The molecule has 1 fully saturated rings. The topological polar surface area (TPSA) is 121 Å². The Kier molecular flexibility index (Phi) is 6.19. The van der Waals surface area contributed by atoms with Crippen molar-refractivity contribution in [3.63, 3.8) is 0 Å². The molecule has 2 aromatic rings. The highest BCUT2D eigenvalue weighted by Crippen LogP contribution is 2.33. The lowest BCUT2D eigenvalue weighted by Crippen LogP contribution is -2.27. The Morgan fingerprint density at radius 3 is 2.50 bits per heavy atom. The number of anilines is 3. The van der Waals surface area contributed by atoms with Crippen molar-refractivity contribution in [2.24, 2.45) is 0 Å². The summed E-state index contributed by atoms with van der Waals surface area (Å²) in [6.07, 6.45) is 0.214. The Labute approximate surface area is 176 Å². The summed E-state index contributed by atoms with van der Waals surface area (Å²) >= 11 is 0. The number of rotatable bonds is 6. The molecule has 4 N–H and O–H groups in total. The third-order valence-electron chi connectivity index (χ3n) is 4.95. The molecule has 164 valence electrons. The summed E-state index contributed by atoms with van der Waals surface area (Å²) in [4.78, 5) is 11.2. The lowest BCUT2D eigenvalue weighted by Gasteiger charge is -2.25. The van der Waals surface area contributed by atoms with Crippen molar-refractivity contribution in [1.29, 1.82) is 0 Å². The summed E-state index contributed by atoms with van der Waals surface area (Å²) < 4.78 is 35.4. The number of hydrogen-bond donors (Lipinski definition) is 3. The average molecular weight is 438 g/mol. The van der Waals surface area contributed by atoms with Gasteiger partial charge in [0.1, 0.15) is 17.3 Å². The van der Waals surface area contributed by atoms with E-state index in [0.29, 0.717) is 53.8 Å². The Hall–Kier alpha value is -2.46. The van der Waals surface area contributed by atoms with E-state index in [9.17, 15) is 17.4 Å². The van der Waals surface area contributed by atoms with Crippen LogP contribution in [0.3, 0.4) is 0 Å². The van der Waals surface area contributed by atoms with Crippen LogP contribution in [0.15, 0.2) is 24.3 Å². The summed E-state index contributed by atoms with van der Waals surface area (Å²) in [6, 6.07) is 6.73. The number of nitrogen functional groups attached to an aromatic ring is 1. The standard InChI is InChI=1S/C20H28FN5O3S/c1-20(2,3)19-24-17(16(22)18(25-19)26-9-8-15(27)11-26)23-10-13-6-4-5-7-14(13)12-30(21,28)29/h4-7,15,27H,8-12,22H2,1-3H3,(H,23,24,25). The number of β-amino-alcohol motifs (C(OH)–C–C–N with tert-alkyl or cyclic N) is 1. The van der Waals surface area contributed by atoms with Crippen molar-refractivity contribution in [3.05, 3.63) is 41.2 Å². The maximum atomic E-state index is 13.2. The molecule has 1 unspecified atom stereocenters. The van der Waals surface area contributed by atoms with Gasteiger partial charge in [-0.15, -0.1) is 3.89 Å². The van der Waals surface area contributed by atoms with Crippen LogP contribution in [-0.2, 0) is 27.9 Å². The maximum absolute atomic E-state index is 13.2. The molecule has 1 aromatic heterocycles. The molecule has 30 heavy (non-hydrogen) atoms. The summed E-state index contributed by atoms with van der Waals surface area (Å²) in [5.74, 6) is 0.891. The molecule has 0 radical (unpaired) electrons. The summed E-state index contributed by atoms with van der Waals surface area (Å²) in [6.45, 7) is 7.29. The van der Waals surface area contributed by atoms with Crippen LogP contribution < -0.4 is 16.0 Å². The average Bonchev–Trinajstić information content (AvgIpc) is 3.06. The van der Waals surface area contributed by atoms with E-state index in [0.717, 1.165) is 0 Å². The number of aliphatic hydroxyl groups is 1. The third kappa shape index (κ3) is 5.37. The van der Waals surface area contributed by atoms with E-state index in [2.05, 4.69) is 15.3 Å². The fraction of sp³-hybridized carbons (Fsp3) is 0.500. The summed E-state index contributed by atoms with van der Waals surface area (Å²) in [5.41, 5.74) is 7.38. The summed E-state index contributed by atoms with van der Waals surface area (Å²) in [7, 11) is -4.65. The van der Waals surface area contributed by atoms with Crippen molar-refractivity contribution < 1.29 is 17.4 Å². The van der Waals surface area contributed by atoms with Gasteiger partial charge in [-0.25, -0.2) is 9.97 Å². The van der Waals surface area contributed by atoms with Gasteiger partial charge >= 0.3 is 10.2 Å². The van der Waals surface area contributed by atoms with Gasteiger partial charge in [-0.3, -0.25) is 0 Å². The van der Waals surface area contributed by atoms with Crippen LogP contribution in [0.4, 0.5) is 21.2 Å². The molecule has 1 aliphatic heterocycles. The highest BCUT2D eigenvalue weighted by Gasteiger charge is 2.28. The molecule has 0 amide bonds. The SMILES string of the molecule is CC(C)(C)c1nc(NCc2ccccc2CS(=O)(=O)F)c(N)c(N2CCC(O)C2)n1. The van der Waals surface area contributed by atoms with Gasteiger partial charge in [-0.2, -0.15) is 8.42 Å². The maximum Gasteiger partial charge on any atom is 0.306 e. The van der Waals surface area contributed by atoms with Crippen LogP contribution in [0.5, 0.6) is 0 Å². The minimum absolute atomic E-state index is 0.221. The minimum Gasteiger partial charge on any atom is -0.393 e. The molecule has 0 bridgehead atoms. The third-order valence-corrected chi connectivity index (χ3v) is 5.61. The van der Waals surface area contributed by atoms with Crippen LogP contribution in [0.2, 0.25) is 0 Å². The quantitative estimate of drug-likeness (QED) is 0.589. The molecule has 1 atom stereocenters. The molecule has 0 aliphatic carbocycles. The van der Waals surface area contributed by atoms with Gasteiger partial charge in [0.25, 0.3) is 0 Å². The molecule has 8 nitrogen and oxygen atoms in total. The number of aromatic nitrogens is 2. The number of nitrogens with two attached hydrogens (primary N) is 1. The second-order valence-corrected chi connectivity index (χ2v) is 9.94. The number of hydrogen-bond acceptors (Lipinski definition) is 8. The van der Waals surface area contributed by atoms with Gasteiger partial charge in [0.05, 0.1) is 6.10 Å². The predicted octanol–water partition coefficient (Wildman–Crippen LogP) is 2.34. The Bertz CT molecular complexity index is 1020. The lowest BCUT2D eigenvalue weighted by molar-refractivity contribution is 0.198. The van der Waals surface area contributed by atoms with E-state index < -0.39 is 22.1 Å². The van der Waals surface area contributed by atoms with Crippen LogP contribution in [0, 0.1) is 0 Å². The largest absolute Gasteiger partial charge is 0.393 e. The van der Waals surface area contributed by atoms with Crippen molar-refractivity contribution in [1.82, 2.24) is 9.97 Å². The molecular formula is C20H28FN5O3S. The number of benzene rings is 1. The van der Waals surface area contributed by atoms with Gasteiger partial charge in [-0.1, -0.05) is 45.0 Å². The van der Waals surface area contributed by atoms with Crippen LogP contribution in [0.25, 0.3) is 0 Å². The van der Waals surface area contributed by atoms with E-state index >= 15 is 0 Å². The zero-order valence-electron chi connectivity index (χ0n) is 17.4. The molecule has 3 rings (SSSR count). The lowest BCUT2D eigenvalue weighted by atomic mass is 9.95. The smallest absolute Gasteiger partial charge is 0.306 e. The monoisotopic (exact) mass is 437 g/mol. The highest BCUT2D eigenvalue weighted by atomic mass is 32.3. The van der Waals surface area contributed by atoms with Crippen molar-refractivity contribution in [2.75, 3.05) is 29.0 Å². The zero-order valence-corrected chi connectivity index (χ0v) is 18.2. The number of nitrogens with zero attached hydrogens (tertiary/aromatic N) is 3. The first-order valence-corrected chi connectivity index (χ1v) is 11.3. The van der Waals surface area contributed by atoms with E-state index in [1.54, 1.807) is 24.3 Å². The number of nitrogens with one attached hydrogen (secondary N) is 1. The first-order valence-electron chi connectivity index (χ1n) is 9.78. The summed E-state index contributed by atoms with van der Waals surface area (Å²) in [5, 5.41) is 13.1. The Balaban J connectivity index is 1.93. The van der Waals surface area contributed by atoms with E-state index in [1.807, 2.05) is 25.7 Å². The van der Waals surface area contributed by atoms with Gasteiger partial charge in [0.15, 0.2) is 11.6 Å². The van der Waals surface area contributed by atoms with Gasteiger partial charge in [0.2, 0.25) is 0 Å². The van der Waals surface area contributed by atoms with E-state index in [4.69, 9.17) is 5.73 Å². The molecule has 2 heterocycles. The number of halogens is 1. The normalized spacial score (nSPS) is 17.4. The van der Waals surface area contributed by atoms with Crippen molar-refractivity contribution in [3.8, 4) is 0 Å². The molecule has 1 saturated heterocycles. The molecular weight excluding hydrogens is 409 g/mol. The zero-order chi connectivity index (χ0) is 22.1. The first-order chi connectivity index (χ1) is 13.9. The van der Waals surface area contributed by atoms with Gasteiger partial charge in [-0.05, 0) is 17.5 Å². The van der Waals surface area contributed by atoms with Crippen molar-refractivity contribution in [2.45, 2.75) is 51.0 Å². The molecule has 0 spiro atoms. The minimum atomic E-state index is -4.65. The second kappa shape index (κ2) is 8.35. The fourth-order valence-electron chi connectivity index (χ4n) is 3.34. The van der Waals surface area contributed by atoms with Gasteiger partial charge < -0.3 is 21.1 Å². The highest BCUT2D eigenvalue weighted by molar-refractivity contribution is 7.85. The van der Waals surface area contributed by atoms with Crippen LogP contribution >= 0.6 is 0 Å². The van der Waals surface area contributed by atoms with Crippen LogP contribution in [-0.4, -0.2) is 42.7 Å². The molecule has 1 aromatic carbocycles. The van der Waals surface area contributed by atoms with Crippen molar-refractivity contribution >= 4 is 27.5 Å². The van der Waals surface area contributed by atoms with E-state index in [1.165, 1.54) is 0 Å². The molecule has 0 saturated carbocycles. The van der Waals surface area contributed by atoms with Gasteiger partial charge in [0, 0.05) is 25.0 Å². The van der Waals surface area contributed by atoms with Crippen LogP contribution in [0.1, 0.15) is 44.1 Å². The van der Waals surface area contributed by atoms with E-state index in [-0.39, 0.29) is 12.0 Å². The Morgan fingerprint density at radius 2 is 1.93 bits per heavy atom. The number of aliphatic hydroxyl groups excluding tert-OH is 1. The molecule has 10 heteroatoms. The second-order valence-electron chi connectivity index (χ2n) is 8.58. The predicted molar refractivity (Wildman–Crippen MR) is 115 cm³/mol.